The van der Waals surface area contributed by atoms with Crippen LogP contribution in [0.3, 0.4) is 0 Å². The van der Waals surface area contributed by atoms with Crippen LogP contribution in [-0.2, 0) is 33.6 Å². The van der Waals surface area contributed by atoms with Crippen molar-refractivity contribution >= 4 is 44.9 Å². The van der Waals surface area contributed by atoms with Gasteiger partial charge in [0.05, 0.1) is 18.8 Å². The first-order valence-electron chi connectivity index (χ1n) is 18.2. The standard InChI is InChI=1S/C37H53N5O10S/c1-10-23-20-37(23,32(45)41-53(47,48)52-36(9)16-17-36)40-29(43)26-19-24(50-30-25-15-13-12-14-22(25)18-27(38-30)49-11-2)21-42(26)31(44)28(34(3,4)5)39-33(46)51-35(6,7)8/h12-15,18,23-24,26,28H,10-11,16-17,19-21H2,1-9H3,(H,39,46)(H,40,43)(H,41,45)/t23-,24-,26+,28-,37-/m1/s1. The Bertz CT molecular complexity index is 1850. The van der Waals surface area contributed by atoms with Gasteiger partial charge in [-0.05, 0) is 76.7 Å². The molecule has 0 radical (unpaired) electrons. The monoisotopic (exact) mass is 759 g/mol. The molecule has 1 saturated heterocycles. The molecule has 3 N–H and O–H groups in total. The molecule has 0 bridgehead atoms. The summed E-state index contributed by atoms with van der Waals surface area (Å²) in [4.78, 5) is 61.4. The first-order valence-corrected chi connectivity index (χ1v) is 19.6. The summed E-state index contributed by atoms with van der Waals surface area (Å²) in [7, 11) is -4.46. The average molecular weight is 760 g/mol. The van der Waals surface area contributed by atoms with Crippen LogP contribution in [0.1, 0.15) is 94.4 Å². The number of pyridine rings is 1. The molecule has 3 aliphatic rings. The highest BCUT2D eigenvalue weighted by atomic mass is 32.2. The molecular weight excluding hydrogens is 706 g/mol. The highest BCUT2D eigenvalue weighted by Crippen LogP contribution is 2.47. The van der Waals surface area contributed by atoms with Gasteiger partial charge < -0.3 is 29.7 Å². The van der Waals surface area contributed by atoms with E-state index in [9.17, 15) is 27.6 Å². The number of carbonyl (C=O) groups is 4. The van der Waals surface area contributed by atoms with E-state index in [-0.39, 0.29) is 31.2 Å². The van der Waals surface area contributed by atoms with Crippen molar-refractivity contribution in [3.63, 3.8) is 0 Å². The van der Waals surface area contributed by atoms with Crippen molar-refractivity contribution < 1.29 is 46.0 Å². The maximum absolute atomic E-state index is 14.5. The molecule has 1 aromatic carbocycles. The van der Waals surface area contributed by atoms with E-state index in [2.05, 4.69) is 15.6 Å². The lowest BCUT2D eigenvalue weighted by Crippen LogP contribution is -2.60. The summed E-state index contributed by atoms with van der Waals surface area (Å²) in [5, 5.41) is 7.04. The number of alkyl carbamates (subject to hydrolysis) is 1. The van der Waals surface area contributed by atoms with Gasteiger partial charge in [-0.25, -0.2) is 13.7 Å². The second-order valence-electron chi connectivity index (χ2n) is 16.5. The Hall–Kier alpha value is -4.18. The summed E-state index contributed by atoms with van der Waals surface area (Å²) in [5.74, 6) is -1.91. The zero-order valence-corrected chi connectivity index (χ0v) is 32.8. The van der Waals surface area contributed by atoms with Crippen LogP contribution in [0.15, 0.2) is 30.3 Å². The minimum absolute atomic E-state index is 0.00397. The second kappa shape index (κ2) is 14.6. The molecule has 53 heavy (non-hydrogen) atoms. The first-order chi connectivity index (χ1) is 24.6. The molecule has 3 fully saturated rings. The predicted molar refractivity (Wildman–Crippen MR) is 195 cm³/mol. The van der Waals surface area contributed by atoms with Crippen LogP contribution in [-0.4, -0.2) is 90.2 Å². The zero-order valence-electron chi connectivity index (χ0n) is 32.0. The molecule has 4 amide bonds. The molecule has 0 unspecified atom stereocenters. The smallest absolute Gasteiger partial charge is 0.408 e. The number of nitrogens with zero attached hydrogens (tertiary/aromatic N) is 2. The van der Waals surface area contributed by atoms with Gasteiger partial charge in [0.1, 0.15) is 29.3 Å². The Morgan fingerprint density at radius 3 is 2.32 bits per heavy atom. The number of carbonyl (C=O) groups excluding carboxylic acids is 4. The molecule has 292 valence electrons. The van der Waals surface area contributed by atoms with Gasteiger partial charge in [0.2, 0.25) is 23.6 Å². The van der Waals surface area contributed by atoms with Crippen molar-refractivity contribution in [1.29, 1.82) is 0 Å². The first kappa shape index (κ1) is 40.0. The van der Waals surface area contributed by atoms with Crippen molar-refractivity contribution in [2.24, 2.45) is 11.3 Å². The molecule has 15 nitrogen and oxygen atoms in total. The van der Waals surface area contributed by atoms with Gasteiger partial charge >= 0.3 is 16.4 Å². The number of hydrogen-bond acceptors (Lipinski definition) is 11. The molecular formula is C37H53N5O10S. The normalized spacial score (nSPS) is 24.2. The van der Waals surface area contributed by atoms with E-state index in [4.69, 9.17) is 18.4 Å². The summed E-state index contributed by atoms with van der Waals surface area (Å²) < 4.78 is 50.4. The number of rotatable bonds is 13. The molecule has 5 atom stereocenters. The third-order valence-electron chi connectivity index (χ3n) is 9.71. The highest BCUT2D eigenvalue weighted by molar-refractivity contribution is 7.85. The fourth-order valence-corrected chi connectivity index (χ4v) is 7.74. The van der Waals surface area contributed by atoms with Crippen molar-refractivity contribution in [3.8, 4) is 11.8 Å². The van der Waals surface area contributed by atoms with Crippen LogP contribution >= 0.6 is 0 Å². The van der Waals surface area contributed by atoms with Gasteiger partial charge in [0, 0.05) is 17.9 Å². The molecule has 2 saturated carbocycles. The SMILES string of the molecule is CCOc1cc2ccccc2c(O[C@@H]2C[C@@H](C(=O)N[C@]3(C(=O)NS(=O)(=O)OC4(C)CC4)C[C@H]3CC)N(C(=O)[C@@H](NC(=O)OC(C)(C)C)C(C)(C)C)C2)n1. The summed E-state index contributed by atoms with van der Waals surface area (Å²) in [6.07, 6.45) is 0.204. The van der Waals surface area contributed by atoms with E-state index in [0.29, 0.717) is 37.1 Å². The molecule has 1 aliphatic heterocycles. The van der Waals surface area contributed by atoms with Crippen LogP contribution in [0, 0.1) is 11.3 Å². The summed E-state index contributed by atoms with van der Waals surface area (Å²) in [5.41, 5.74) is -4.06. The largest absolute Gasteiger partial charge is 0.478 e. The average Bonchev–Trinajstić information content (AvgIpc) is 3.90. The summed E-state index contributed by atoms with van der Waals surface area (Å²) in [6, 6.07) is 6.96. The highest BCUT2D eigenvalue weighted by Gasteiger charge is 2.62. The maximum Gasteiger partial charge on any atom is 0.408 e. The van der Waals surface area contributed by atoms with Crippen molar-refractivity contribution in [2.75, 3.05) is 13.2 Å². The minimum atomic E-state index is -4.46. The predicted octanol–water partition coefficient (Wildman–Crippen LogP) is 4.14. The van der Waals surface area contributed by atoms with Gasteiger partial charge in [-0.2, -0.15) is 13.4 Å². The number of hydrogen-bond donors (Lipinski definition) is 3. The molecule has 16 heteroatoms. The van der Waals surface area contributed by atoms with Gasteiger partial charge in [0.25, 0.3) is 5.91 Å². The molecule has 2 aromatic rings. The number of aromatic nitrogens is 1. The van der Waals surface area contributed by atoms with Crippen LogP contribution in [0.25, 0.3) is 10.8 Å². The lowest BCUT2D eigenvalue weighted by atomic mass is 9.85. The van der Waals surface area contributed by atoms with Gasteiger partial charge in [0.15, 0.2) is 0 Å². The van der Waals surface area contributed by atoms with E-state index in [1.54, 1.807) is 54.5 Å². The van der Waals surface area contributed by atoms with E-state index in [1.807, 2.05) is 42.8 Å². The molecule has 2 aliphatic carbocycles. The molecule has 1 aromatic heterocycles. The molecule has 5 rings (SSSR count). The molecule has 0 spiro atoms. The summed E-state index contributed by atoms with van der Waals surface area (Å²) >= 11 is 0. The number of fused-ring (bicyclic) bond motifs is 1. The quantitative estimate of drug-likeness (QED) is 0.266. The lowest BCUT2D eigenvalue weighted by Gasteiger charge is -2.36. The van der Waals surface area contributed by atoms with E-state index < -0.39 is 74.5 Å². The fraction of sp³-hybridized carbons (Fsp3) is 0.649. The summed E-state index contributed by atoms with van der Waals surface area (Å²) in [6.45, 7) is 16.1. The second-order valence-corrected chi connectivity index (χ2v) is 17.8. The van der Waals surface area contributed by atoms with Crippen molar-refractivity contribution in [3.05, 3.63) is 30.3 Å². The number of amides is 4. The Kier molecular flexibility index (Phi) is 11.0. The number of benzene rings is 1. The number of nitrogens with one attached hydrogen (secondary N) is 3. The molecule has 2 heterocycles. The zero-order chi connectivity index (χ0) is 39.1. The maximum atomic E-state index is 14.5. The van der Waals surface area contributed by atoms with Crippen molar-refractivity contribution in [1.82, 2.24) is 25.2 Å². The van der Waals surface area contributed by atoms with E-state index >= 15 is 0 Å². The Morgan fingerprint density at radius 2 is 1.74 bits per heavy atom. The fourth-order valence-electron chi connectivity index (χ4n) is 6.59. The van der Waals surface area contributed by atoms with Crippen molar-refractivity contribution in [2.45, 2.75) is 129 Å². The minimum Gasteiger partial charge on any atom is -0.478 e. The number of likely N-dealkylation sites (tertiary alicyclic amines) is 1. The Morgan fingerprint density at radius 1 is 1.06 bits per heavy atom. The Labute approximate surface area is 311 Å². The lowest BCUT2D eigenvalue weighted by molar-refractivity contribution is -0.143. The Balaban J connectivity index is 1.45. The van der Waals surface area contributed by atoms with Gasteiger partial charge in [-0.1, -0.05) is 52.3 Å². The van der Waals surface area contributed by atoms with Crippen LogP contribution in [0.2, 0.25) is 0 Å². The van der Waals surface area contributed by atoms with Gasteiger partial charge in [-0.15, -0.1) is 0 Å². The van der Waals surface area contributed by atoms with Crippen LogP contribution in [0.5, 0.6) is 11.8 Å². The van der Waals surface area contributed by atoms with E-state index in [1.165, 1.54) is 4.90 Å². The van der Waals surface area contributed by atoms with Crippen LogP contribution in [0.4, 0.5) is 4.79 Å². The van der Waals surface area contributed by atoms with E-state index in [0.717, 1.165) is 5.39 Å². The third-order valence-corrected chi connectivity index (χ3v) is 10.8. The van der Waals surface area contributed by atoms with Crippen LogP contribution < -0.4 is 24.8 Å². The number of ether oxygens (including phenoxy) is 3. The topological polar surface area (TPSA) is 192 Å². The van der Waals surface area contributed by atoms with Gasteiger partial charge in [-0.3, -0.25) is 14.4 Å². The third kappa shape index (κ3) is 9.50.